The van der Waals surface area contributed by atoms with Crippen molar-refractivity contribution in [3.05, 3.63) is 35.4 Å². The Hall–Kier alpha value is -1.46. The van der Waals surface area contributed by atoms with Gasteiger partial charge in [0.25, 0.3) is 5.91 Å². The van der Waals surface area contributed by atoms with Crippen LogP contribution in [-0.2, 0) is 0 Å². The van der Waals surface area contributed by atoms with Gasteiger partial charge in [0.05, 0.1) is 0 Å². The molecule has 5 heteroatoms. The average molecular weight is 223 g/mol. The number of benzene rings is 1. The number of nitrogens with two attached hydrogens (primary N) is 1. The Morgan fingerprint density at radius 1 is 1.27 bits per heavy atom. The molecule has 0 spiro atoms. The lowest BCUT2D eigenvalue weighted by Crippen LogP contribution is -2.36. The molecule has 0 aliphatic carbocycles. The van der Waals surface area contributed by atoms with Crippen molar-refractivity contribution in [2.45, 2.75) is 0 Å². The van der Waals surface area contributed by atoms with Crippen molar-refractivity contribution >= 4 is 23.1 Å². The third-order valence-corrected chi connectivity index (χ3v) is 1.99. The topological polar surface area (TPSA) is 58.4 Å². The zero-order valence-electron chi connectivity index (χ0n) is 8.65. The Bertz CT molecular complexity index is 373. The van der Waals surface area contributed by atoms with Crippen molar-refractivity contribution in [1.82, 2.24) is 10.4 Å². The summed E-state index contributed by atoms with van der Waals surface area (Å²) >= 11 is 4.81. The molecular weight excluding hydrogens is 210 g/mol. The molecule has 0 aliphatic heterocycles. The second kappa shape index (κ2) is 4.86. The Morgan fingerprint density at radius 3 is 2.13 bits per heavy atom. The van der Waals surface area contributed by atoms with Gasteiger partial charge in [-0.1, -0.05) is 24.4 Å². The zero-order valence-corrected chi connectivity index (χ0v) is 9.47. The van der Waals surface area contributed by atoms with Gasteiger partial charge in [-0.05, 0) is 12.1 Å². The van der Waals surface area contributed by atoms with Gasteiger partial charge in [-0.2, -0.15) is 0 Å². The van der Waals surface area contributed by atoms with Crippen LogP contribution in [0.3, 0.4) is 0 Å². The van der Waals surface area contributed by atoms with Crippen LogP contribution >= 0.6 is 12.2 Å². The van der Waals surface area contributed by atoms with Crippen molar-refractivity contribution < 1.29 is 4.79 Å². The number of hydrogen-bond acceptors (Lipinski definition) is 3. The standard InChI is InChI=1S/C10H13N3OS/c1-13(2)12-10(14)8-5-3-7(4-6-8)9(11)15/h3-6H,1-2H3,(H2,11,15)(H,12,14). The average Bonchev–Trinajstić information content (AvgIpc) is 2.17. The molecule has 80 valence electrons. The Labute approximate surface area is 94.0 Å². The maximum atomic E-state index is 11.5. The first kappa shape index (κ1) is 11.6. The fourth-order valence-corrected chi connectivity index (χ4v) is 1.19. The molecule has 0 aliphatic rings. The smallest absolute Gasteiger partial charge is 0.265 e. The lowest BCUT2D eigenvalue weighted by molar-refractivity contribution is 0.0857. The fourth-order valence-electron chi connectivity index (χ4n) is 1.05. The van der Waals surface area contributed by atoms with Crippen LogP contribution in [0.5, 0.6) is 0 Å². The minimum absolute atomic E-state index is 0.158. The third kappa shape index (κ3) is 3.30. The van der Waals surface area contributed by atoms with E-state index in [-0.39, 0.29) is 5.91 Å². The molecule has 0 saturated carbocycles. The molecule has 1 aromatic rings. The summed E-state index contributed by atoms with van der Waals surface area (Å²) < 4.78 is 0. The monoisotopic (exact) mass is 223 g/mol. The molecule has 0 unspecified atom stereocenters. The number of nitrogens with zero attached hydrogens (tertiary/aromatic N) is 1. The van der Waals surface area contributed by atoms with E-state index < -0.39 is 0 Å². The van der Waals surface area contributed by atoms with E-state index in [1.165, 1.54) is 0 Å². The number of hydrazine groups is 1. The van der Waals surface area contributed by atoms with Crippen LogP contribution in [-0.4, -0.2) is 30.0 Å². The number of rotatable bonds is 3. The fraction of sp³-hybridized carbons (Fsp3) is 0.200. The summed E-state index contributed by atoms with van der Waals surface area (Å²) in [6, 6.07) is 6.83. The largest absolute Gasteiger partial charge is 0.389 e. The summed E-state index contributed by atoms with van der Waals surface area (Å²) in [7, 11) is 3.50. The van der Waals surface area contributed by atoms with Crippen LogP contribution < -0.4 is 11.2 Å². The maximum absolute atomic E-state index is 11.5. The molecule has 1 amide bonds. The number of thiocarbonyl (C=S) groups is 1. The summed E-state index contributed by atoms with van der Waals surface area (Å²) in [5.74, 6) is -0.158. The highest BCUT2D eigenvalue weighted by Gasteiger charge is 2.05. The van der Waals surface area contributed by atoms with E-state index in [1.807, 2.05) is 0 Å². The second-order valence-corrected chi connectivity index (χ2v) is 3.72. The van der Waals surface area contributed by atoms with Gasteiger partial charge in [0, 0.05) is 25.2 Å². The highest BCUT2D eigenvalue weighted by molar-refractivity contribution is 7.80. The first-order valence-corrected chi connectivity index (χ1v) is 4.79. The predicted octanol–water partition coefficient (Wildman–Crippen LogP) is 0.527. The quantitative estimate of drug-likeness (QED) is 0.579. The highest BCUT2D eigenvalue weighted by atomic mass is 32.1. The first-order chi connectivity index (χ1) is 7.00. The molecule has 4 nitrogen and oxygen atoms in total. The van der Waals surface area contributed by atoms with E-state index >= 15 is 0 Å². The van der Waals surface area contributed by atoms with Crippen molar-refractivity contribution in [2.75, 3.05) is 14.1 Å². The maximum Gasteiger partial charge on any atom is 0.265 e. The minimum Gasteiger partial charge on any atom is -0.389 e. The van der Waals surface area contributed by atoms with Crippen molar-refractivity contribution in [2.24, 2.45) is 5.73 Å². The van der Waals surface area contributed by atoms with Crippen LogP contribution in [0.4, 0.5) is 0 Å². The molecule has 1 aromatic carbocycles. The summed E-state index contributed by atoms with van der Waals surface area (Å²) in [6.45, 7) is 0. The molecule has 1 rings (SSSR count). The molecule has 0 atom stereocenters. The lowest BCUT2D eigenvalue weighted by Gasteiger charge is -2.11. The van der Waals surface area contributed by atoms with Crippen LogP contribution in [0.2, 0.25) is 0 Å². The van der Waals surface area contributed by atoms with Crippen LogP contribution in [0.15, 0.2) is 24.3 Å². The van der Waals surface area contributed by atoms with Gasteiger partial charge < -0.3 is 5.73 Å². The number of amides is 1. The van der Waals surface area contributed by atoms with Crippen LogP contribution in [0, 0.1) is 0 Å². The summed E-state index contributed by atoms with van der Waals surface area (Å²) in [6.07, 6.45) is 0. The lowest BCUT2D eigenvalue weighted by atomic mass is 10.1. The van der Waals surface area contributed by atoms with Gasteiger partial charge in [0.15, 0.2) is 0 Å². The normalized spacial score (nSPS) is 10.1. The Kier molecular flexibility index (Phi) is 3.76. The Balaban J connectivity index is 2.80. The van der Waals surface area contributed by atoms with Crippen molar-refractivity contribution in [3.8, 4) is 0 Å². The third-order valence-electron chi connectivity index (χ3n) is 1.76. The van der Waals surface area contributed by atoms with E-state index in [4.69, 9.17) is 18.0 Å². The molecule has 0 radical (unpaired) electrons. The van der Waals surface area contributed by atoms with Gasteiger partial charge in [0.1, 0.15) is 4.99 Å². The molecular formula is C10H13N3OS. The first-order valence-electron chi connectivity index (χ1n) is 4.39. The molecule has 15 heavy (non-hydrogen) atoms. The number of carbonyl (C=O) groups excluding carboxylic acids is 1. The summed E-state index contributed by atoms with van der Waals surface area (Å²) in [5, 5.41) is 1.59. The molecule has 0 bridgehead atoms. The number of carbonyl (C=O) groups is 1. The van der Waals surface area contributed by atoms with E-state index in [0.717, 1.165) is 5.56 Å². The van der Waals surface area contributed by atoms with E-state index in [0.29, 0.717) is 10.6 Å². The molecule has 0 heterocycles. The highest BCUT2D eigenvalue weighted by Crippen LogP contribution is 2.04. The summed E-state index contributed by atoms with van der Waals surface area (Å²) in [4.78, 5) is 11.8. The van der Waals surface area contributed by atoms with Gasteiger partial charge in [-0.25, -0.2) is 5.01 Å². The van der Waals surface area contributed by atoms with Gasteiger partial charge >= 0.3 is 0 Å². The van der Waals surface area contributed by atoms with E-state index in [1.54, 1.807) is 43.4 Å². The number of hydrogen-bond donors (Lipinski definition) is 2. The van der Waals surface area contributed by atoms with Crippen molar-refractivity contribution in [1.29, 1.82) is 0 Å². The van der Waals surface area contributed by atoms with Crippen LogP contribution in [0.25, 0.3) is 0 Å². The number of nitrogens with one attached hydrogen (secondary N) is 1. The van der Waals surface area contributed by atoms with Gasteiger partial charge in [-0.15, -0.1) is 0 Å². The zero-order chi connectivity index (χ0) is 11.4. The SMILES string of the molecule is CN(C)NC(=O)c1ccc(C(N)=S)cc1. The predicted molar refractivity (Wildman–Crippen MR) is 63.5 cm³/mol. The molecule has 0 aromatic heterocycles. The van der Waals surface area contributed by atoms with E-state index in [2.05, 4.69) is 5.43 Å². The molecule has 0 saturated heterocycles. The van der Waals surface area contributed by atoms with Gasteiger partial charge in [0.2, 0.25) is 0 Å². The van der Waals surface area contributed by atoms with E-state index in [9.17, 15) is 4.79 Å². The minimum atomic E-state index is -0.158. The van der Waals surface area contributed by atoms with Gasteiger partial charge in [-0.3, -0.25) is 10.2 Å². The van der Waals surface area contributed by atoms with Crippen LogP contribution in [0.1, 0.15) is 15.9 Å². The molecule has 3 N–H and O–H groups in total. The molecule has 0 fully saturated rings. The Morgan fingerprint density at radius 2 is 1.73 bits per heavy atom. The second-order valence-electron chi connectivity index (χ2n) is 3.28. The summed E-state index contributed by atoms with van der Waals surface area (Å²) in [5.41, 5.74) is 9.41. The van der Waals surface area contributed by atoms with Crippen molar-refractivity contribution in [3.63, 3.8) is 0 Å².